The molecular formula is C20H22Cl2N2O2. The smallest absolute Gasteiger partial charge is 0.244 e. The summed E-state index contributed by atoms with van der Waals surface area (Å²) in [4.78, 5) is 25.7. The van der Waals surface area contributed by atoms with Crippen LogP contribution in [0.4, 0.5) is 11.4 Å². The number of carbonyl (C=O) groups excluding carboxylic acids is 2. The van der Waals surface area contributed by atoms with Crippen LogP contribution in [0.2, 0.25) is 10.0 Å². The Morgan fingerprint density at radius 3 is 2.19 bits per heavy atom. The third-order valence-corrected chi connectivity index (χ3v) is 4.75. The fraction of sp³-hybridized carbons (Fsp3) is 0.300. The van der Waals surface area contributed by atoms with Crippen LogP contribution in [0.5, 0.6) is 0 Å². The molecule has 2 aromatic carbocycles. The molecule has 0 aliphatic carbocycles. The van der Waals surface area contributed by atoms with Gasteiger partial charge in [0, 0.05) is 12.6 Å². The Morgan fingerprint density at radius 1 is 1.04 bits per heavy atom. The van der Waals surface area contributed by atoms with E-state index in [1.807, 2.05) is 24.3 Å². The van der Waals surface area contributed by atoms with Gasteiger partial charge in [-0.25, -0.2) is 0 Å². The van der Waals surface area contributed by atoms with Gasteiger partial charge in [0.1, 0.15) is 6.54 Å². The van der Waals surface area contributed by atoms with Gasteiger partial charge in [0.15, 0.2) is 0 Å². The van der Waals surface area contributed by atoms with Crippen LogP contribution >= 0.6 is 23.2 Å². The first-order chi connectivity index (χ1) is 12.1. The van der Waals surface area contributed by atoms with Crippen LogP contribution in [0.3, 0.4) is 0 Å². The quantitative estimate of drug-likeness (QED) is 0.768. The summed E-state index contributed by atoms with van der Waals surface area (Å²) in [6.07, 6.45) is 0. The molecule has 0 spiro atoms. The summed E-state index contributed by atoms with van der Waals surface area (Å²) in [7, 11) is 0. The van der Waals surface area contributed by atoms with Gasteiger partial charge in [-0.15, -0.1) is 0 Å². The maximum atomic E-state index is 12.4. The lowest BCUT2D eigenvalue weighted by atomic mass is 9.87. The van der Waals surface area contributed by atoms with E-state index >= 15 is 0 Å². The lowest BCUT2D eigenvalue weighted by Crippen LogP contribution is -2.36. The summed E-state index contributed by atoms with van der Waals surface area (Å²) >= 11 is 12.2. The molecule has 0 radical (unpaired) electrons. The molecule has 2 rings (SSSR count). The molecule has 1 N–H and O–H groups in total. The van der Waals surface area contributed by atoms with Gasteiger partial charge in [-0.1, -0.05) is 62.2 Å². The molecule has 0 saturated carbocycles. The minimum Gasteiger partial charge on any atom is -0.325 e. The van der Waals surface area contributed by atoms with E-state index in [1.54, 1.807) is 18.2 Å². The molecule has 0 unspecified atom stereocenters. The van der Waals surface area contributed by atoms with Crippen molar-refractivity contribution >= 4 is 46.4 Å². The van der Waals surface area contributed by atoms with Gasteiger partial charge >= 0.3 is 0 Å². The molecule has 0 bridgehead atoms. The molecule has 6 heteroatoms. The summed E-state index contributed by atoms with van der Waals surface area (Å²) in [6, 6.07) is 12.6. The average molecular weight is 393 g/mol. The summed E-state index contributed by atoms with van der Waals surface area (Å²) in [6.45, 7) is 7.60. The topological polar surface area (TPSA) is 49.4 Å². The SMILES string of the molecule is CC(=O)N(CC(=O)Nc1ccc(C(C)(C)C)cc1)c1cccc(Cl)c1Cl. The highest BCUT2D eigenvalue weighted by Crippen LogP contribution is 2.32. The number of nitrogens with one attached hydrogen (secondary N) is 1. The average Bonchev–Trinajstić information content (AvgIpc) is 2.55. The maximum absolute atomic E-state index is 12.4. The Morgan fingerprint density at radius 2 is 1.65 bits per heavy atom. The molecule has 2 aromatic rings. The summed E-state index contributed by atoms with van der Waals surface area (Å²) < 4.78 is 0. The van der Waals surface area contributed by atoms with Crippen molar-refractivity contribution in [2.45, 2.75) is 33.1 Å². The number of carbonyl (C=O) groups is 2. The van der Waals surface area contributed by atoms with Gasteiger partial charge in [-0.3, -0.25) is 9.59 Å². The molecule has 0 saturated heterocycles. The summed E-state index contributed by atoms with van der Waals surface area (Å²) in [5.74, 6) is -0.618. The van der Waals surface area contributed by atoms with E-state index in [2.05, 4.69) is 26.1 Å². The first kappa shape index (κ1) is 20.3. The minimum absolute atomic E-state index is 0.0390. The first-order valence-electron chi connectivity index (χ1n) is 8.22. The van der Waals surface area contributed by atoms with Gasteiger partial charge in [0.2, 0.25) is 11.8 Å². The zero-order valence-electron chi connectivity index (χ0n) is 15.3. The van der Waals surface area contributed by atoms with Crippen LogP contribution in [-0.4, -0.2) is 18.4 Å². The van der Waals surface area contributed by atoms with Gasteiger partial charge in [0.25, 0.3) is 0 Å². The second-order valence-corrected chi connectivity index (χ2v) is 7.84. The third kappa shape index (κ3) is 4.99. The molecule has 0 fully saturated rings. The molecule has 4 nitrogen and oxygen atoms in total. The molecular weight excluding hydrogens is 371 g/mol. The number of hydrogen-bond acceptors (Lipinski definition) is 2. The molecule has 2 amide bonds. The van der Waals surface area contributed by atoms with Gasteiger partial charge in [0.05, 0.1) is 15.7 Å². The van der Waals surface area contributed by atoms with E-state index in [4.69, 9.17) is 23.2 Å². The van der Waals surface area contributed by atoms with Crippen molar-refractivity contribution in [1.29, 1.82) is 0 Å². The van der Waals surface area contributed by atoms with Crippen LogP contribution in [0.25, 0.3) is 0 Å². The second kappa shape index (κ2) is 8.11. The Labute approximate surface area is 164 Å². The predicted octanol–water partition coefficient (Wildman–Crippen LogP) is 5.28. The van der Waals surface area contributed by atoms with E-state index in [9.17, 15) is 9.59 Å². The molecule has 26 heavy (non-hydrogen) atoms. The van der Waals surface area contributed by atoms with E-state index in [0.717, 1.165) is 0 Å². The third-order valence-electron chi connectivity index (χ3n) is 3.94. The normalized spacial score (nSPS) is 11.2. The Kier molecular flexibility index (Phi) is 6.32. The number of nitrogens with zero attached hydrogens (tertiary/aromatic N) is 1. The molecule has 0 aliphatic rings. The first-order valence-corrected chi connectivity index (χ1v) is 8.97. The van der Waals surface area contributed by atoms with Crippen LogP contribution < -0.4 is 10.2 Å². The van der Waals surface area contributed by atoms with Crippen molar-refractivity contribution in [1.82, 2.24) is 0 Å². The van der Waals surface area contributed by atoms with Crippen molar-refractivity contribution in [3.63, 3.8) is 0 Å². The monoisotopic (exact) mass is 392 g/mol. The van der Waals surface area contributed by atoms with Crippen molar-refractivity contribution in [3.8, 4) is 0 Å². The lowest BCUT2D eigenvalue weighted by Gasteiger charge is -2.22. The zero-order chi connectivity index (χ0) is 19.5. The number of rotatable bonds is 4. The summed E-state index contributed by atoms with van der Waals surface area (Å²) in [5.41, 5.74) is 2.29. The highest BCUT2D eigenvalue weighted by Gasteiger charge is 2.20. The van der Waals surface area contributed by atoms with Gasteiger partial charge in [-0.05, 0) is 35.2 Å². The Balaban J connectivity index is 2.13. The molecule has 0 aromatic heterocycles. The number of halogens is 2. The second-order valence-electron chi connectivity index (χ2n) is 7.05. The van der Waals surface area contributed by atoms with Gasteiger partial charge in [-0.2, -0.15) is 0 Å². The summed E-state index contributed by atoms with van der Waals surface area (Å²) in [5, 5.41) is 3.37. The number of anilines is 2. The lowest BCUT2D eigenvalue weighted by molar-refractivity contribution is -0.120. The van der Waals surface area contributed by atoms with Crippen molar-refractivity contribution in [3.05, 3.63) is 58.1 Å². The Hall–Kier alpha value is -2.04. The van der Waals surface area contributed by atoms with Crippen LogP contribution in [0, 0.1) is 0 Å². The van der Waals surface area contributed by atoms with Crippen LogP contribution in [-0.2, 0) is 15.0 Å². The highest BCUT2D eigenvalue weighted by molar-refractivity contribution is 6.44. The van der Waals surface area contributed by atoms with Crippen molar-refractivity contribution in [2.24, 2.45) is 0 Å². The fourth-order valence-corrected chi connectivity index (χ4v) is 2.86. The molecule has 0 atom stereocenters. The van der Waals surface area contributed by atoms with E-state index in [1.165, 1.54) is 17.4 Å². The predicted molar refractivity (Wildman–Crippen MR) is 108 cm³/mol. The standard InChI is InChI=1S/C20H22Cl2N2O2/c1-13(25)24(17-7-5-6-16(21)19(17)22)12-18(26)23-15-10-8-14(9-11-15)20(2,3)4/h5-11H,12H2,1-4H3,(H,23,26). The highest BCUT2D eigenvalue weighted by atomic mass is 35.5. The minimum atomic E-state index is -0.320. The number of benzene rings is 2. The largest absolute Gasteiger partial charge is 0.325 e. The molecule has 138 valence electrons. The van der Waals surface area contributed by atoms with Gasteiger partial charge < -0.3 is 10.2 Å². The van der Waals surface area contributed by atoms with E-state index < -0.39 is 0 Å². The molecule has 0 aliphatic heterocycles. The fourth-order valence-electron chi connectivity index (χ4n) is 2.46. The van der Waals surface area contributed by atoms with Crippen molar-refractivity contribution < 1.29 is 9.59 Å². The molecule has 0 heterocycles. The number of amides is 2. The van der Waals surface area contributed by atoms with Crippen molar-refractivity contribution in [2.75, 3.05) is 16.8 Å². The number of hydrogen-bond donors (Lipinski definition) is 1. The Bertz CT molecular complexity index is 812. The van der Waals surface area contributed by atoms with Crippen LogP contribution in [0.1, 0.15) is 33.3 Å². The van der Waals surface area contributed by atoms with Crippen LogP contribution in [0.15, 0.2) is 42.5 Å². The maximum Gasteiger partial charge on any atom is 0.244 e. The van der Waals surface area contributed by atoms with E-state index in [0.29, 0.717) is 16.4 Å². The van der Waals surface area contributed by atoms with E-state index in [-0.39, 0.29) is 28.8 Å². The zero-order valence-corrected chi connectivity index (χ0v) is 16.8.